The maximum atomic E-state index is 8.48. The van der Waals surface area contributed by atoms with Crippen molar-refractivity contribution in [2.24, 2.45) is 0 Å². The van der Waals surface area contributed by atoms with Gasteiger partial charge in [0, 0.05) is 0 Å². The molecule has 0 saturated carbocycles. The molecule has 0 rings (SSSR count). The fourth-order valence-electron chi connectivity index (χ4n) is 0.710. The number of hydrogen-bond acceptors (Lipinski definition) is 3. The van der Waals surface area contributed by atoms with E-state index in [0.29, 0.717) is 0 Å². The molecular formula is C6H15NO2Si2. The fraction of sp³-hybridized carbons (Fsp3) is 1.00. The maximum absolute atomic E-state index is 8.48. The van der Waals surface area contributed by atoms with Gasteiger partial charge >= 0.3 is 0 Å². The van der Waals surface area contributed by atoms with Gasteiger partial charge in [0.15, 0.2) is 0 Å². The first-order chi connectivity index (χ1) is 5.41. The Morgan fingerprint density at radius 1 is 0.909 bits per heavy atom. The molecule has 0 aliphatic carbocycles. The van der Waals surface area contributed by atoms with E-state index in [1.165, 1.54) is 0 Å². The lowest BCUT2D eigenvalue weighted by atomic mass is 10.4. The monoisotopic (exact) mass is 189 g/mol. The molecule has 0 aromatic rings. The third-order valence-corrected chi connectivity index (χ3v) is 2.44. The summed E-state index contributed by atoms with van der Waals surface area (Å²) in [5, 5.41) is 3.24. The molecule has 0 aromatic heterocycles. The number of nitrogens with one attached hydrogen (secondary N) is 1. The van der Waals surface area contributed by atoms with E-state index in [2.05, 4.69) is 5.32 Å². The van der Waals surface area contributed by atoms with E-state index in [1.807, 2.05) is 0 Å². The summed E-state index contributed by atoms with van der Waals surface area (Å²) in [5.74, 6) is 0. The molecule has 64 valence electrons. The predicted octanol–water partition coefficient (Wildman–Crippen LogP) is -0.584. The molecular weight excluding hydrogens is 174 g/mol. The van der Waals surface area contributed by atoms with Crippen molar-refractivity contribution in [1.82, 2.24) is 5.32 Å². The third-order valence-electron chi connectivity index (χ3n) is 1.28. The Balaban J connectivity index is 2.69. The van der Waals surface area contributed by atoms with Crippen molar-refractivity contribution in [3.05, 3.63) is 0 Å². The second-order valence-electron chi connectivity index (χ2n) is 2.27. The van der Waals surface area contributed by atoms with Crippen molar-refractivity contribution < 1.29 is 9.59 Å². The van der Waals surface area contributed by atoms with Gasteiger partial charge in [-0.2, -0.15) is 0 Å². The molecule has 0 amide bonds. The van der Waals surface area contributed by atoms with Crippen LogP contribution in [0.3, 0.4) is 0 Å². The smallest absolute Gasteiger partial charge is 0.224 e. The van der Waals surface area contributed by atoms with Crippen molar-refractivity contribution in [1.29, 1.82) is 0 Å². The predicted molar refractivity (Wildman–Crippen MR) is 47.7 cm³/mol. The largest absolute Gasteiger partial charge is 0.432 e. The average molecular weight is 189 g/mol. The summed E-state index contributed by atoms with van der Waals surface area (Å²) in [6.07, 6.45) is 2.10. The highest BCUT2D eigenvalue weighted by molar-refractivity contribution is 6.25. The average Bonchev–Trinajstić information content (AvgIpc) is 2.03. The summed E-state index contributed by atoms with van der Waals surface area (Å²) < 4.78 is 0. The van der Waals surface area contributed by atoms with Gasteiger partial charge in [-0.1, -0.05) is 0 Å². The molecule has 5 heteroatoms. The van der Waals surface area contributed by atoms with Crippen LogP contribution in [-0.2, 0) is 0 Å². The highest BCUT2D eigenvalue weighted by atomic mass is 28.2. The van der Waals surface area contributed by atoms with Crippen LogP contribution in [-0.4, -0.2) is 42.2 Å². The Morgan fingerprint density at radius 3 is 1.73 bits per heavy atom. The third kappa shape index (κ3) is 10.3. The highest BCUT2D eigenvalue weighted by Crippen LogP contribution is 1.86. The Labute approximate surface area is 73.1 Å². The molecule has 0 atom stereocenters. The SMILES string of the molecule is O[Si]CCCNCCC[Si]O. The second-order valence-corrected chi connectivity index (χ2v) is 3.91. The van der Waals surface area contributed by atoms with Gasteiger partial charge in [-0.15, -0.1) is 0 Å². The molecule has 11 heavy (non-hydrogen) atoms. The van der Waals surface area contributed by atoms with Crippen molar-refractivity contribution in [3.8, 4) is 0 Å². The molecule has 0 bridgehead atoms. The van der Waals surface area contributed by atoms with Gasteiger partial charge in [0.25, 0.3) is 0 Å². The Morgan fingerprint density at radius 2 is 1.36 bits per heavy atom. The van der Waals surface area contributed by atoms with Gasteiger partial charge in [0.1, 0.15) is 0 Å². The molecule has 0 saturated heterocycles. The molecule has 3 nitrogen and oxygen atoms in total. The van der Waals surface area contributed by atoms with E-state index < -0.39 is 0 Å². The molecule has 3 N–H and O–H groups in total. The van der Waals surface area contributed by atoms with E-state index in [-0.39, 0.29) is 19.5 Å². The lowest BCUT2D eigenvalue weighted by molar-refractivity contribution is 0.580. The van der Waals surface area contributed by atoms with Crippen molar-refractivity contribution >= 4 is 19.5 Å². The number of rotatable bonds is 8. The minimum Gasteiger partial charge on any atom is -0.432 e. The Hall–Kier alpha value is 0.314. The van der Waals surface area contributed by atoms with E-state index >= 15 is 0 Å². The topological polar surface area (TPSA) is 52.5 Å². The van der Waals surface area contributed by atoms with E-state index in [0.717, 1.165) is 38.0 Å². The van der Waals surface area contributed by atoms with Crippen molar-refractivity contribution in [2.45, 2.75) is 24.9 Å². The quantitative estimate of drug-likeness (QED) is 0.354. The van der Waals surface area contributed by atoms with Gasteiger partial charge in [0.05, 0.1) is 0 Å². The van der Waals surface area contributed by atoms with Gasteiger partial charge in [-0.25, -0.2) is 0 Å². The zero-order chi connectivity index (χ0) is 8.36. The summed E-state index contributed by atoms with van der Waals surface area (Å²) in [4.78, 5) is 17.0. The standard InChI is InChI=1S/C6H15NO2Si2/c8-10-5-1-3-7-4-2-6-11-9/h7-9H,1-6H2. The van der Waals surface area contributed by atoms with Crippen LogP contribution in [0.25, 0.3) is 0 Å². The van der Waals surface area contributed by atoms with E-state index in [4.69, 9.17) is 9.59 Å². The minimum absolute atomic E-state index is 0.0914. The number of hydrogen-bond donors (Lipinski definition) is 3. The molecule has 0 heterocycles. The van der Waals surface area contributed by atoms with Gasteiger partial charge in [-0.3, -0.25) is 0 Å². The summed E-state index contributed by atoms with van der Waals surface area (Å²) in [6, 6.07) is 1.82. The molecule has 0 unspecified atom stereocenters. The van der Waals surface area contributed by atoms with E-state index in [1.54, 1.807) is 0 Å². The van der Waals surface area contributed by atoms with Crippen LogP contribution in [0.5, 0.6) is 0 Å². The van der Waals surface area contributed by atoms with E-state index in [9.17, 15) is 0 Å². The van der Waals surface area contributed by atoms with Gasteiger partial charge in [-0.05, 0) is 38.0 Å². The zero-order valence-electron chi connectivity index (χ0n) is 6.64. The lowest BCUT2D eigenvalue weighted by Gasteiger charge is -2.01. The van der Waals surface area contributed by atoms with Crippen LogP contribution < -0.4 is 5.32 Å². The fourth-order valence-corrected chi connectivity index (χ4v) is 1.38. The lowest BCUT2D eigenvalue weighted by Crippen LogP contribution is -2.17. The molecule has 0 aliphatic heterocycles. The van der Waals surface area contributed by atoms with Crippen molar-refractivity contribution in [2.75, 3.05) is 13.1 Å². The molecule has 0 aromatic carbocycles. The Bertz CT molecular complexity index is 67.6. The van der Waals surface area contributed by atoms with Crippen LogP contribution in [0.15, 0.2) is 0 Å². The first-order valence-electron chi connectivity index (χ1n) is 3.86. The summed E-state index contributed by atoms with van der Waals surface area (Å²) in [5.41, 5.74) is 0. The maximum Gasteiger partial charge on any atom is 0.224 e. The minimum atomic E-state index is 0.0914. The summed E-state index contributed by atoms with van der Waals surface area (Å²) >= 11 is 0. The first kappa shape index (κ1) is 11.3. The first-order valence-corrected chi connectivity index (χ1v) is 6.17. The highest BCUT2D eigenvalue weighted by Gasteiger charge is 1.89. The molecule has 0 spiro atoms. The summed E-state index contributed by atoms with van der Waals surface area (Å²) in [6.45, 7) is 1.98. The van der Waals surface area contributed by atoms with Crippen LogP contribution in [0.4, 0.5) is 0 Å². The molecule has 4 radical (unpaired) electrons. The van der Waals surface area contributed by atoms with Crippen LogP contribution in [0, 0.1) is 0 Å². The second kappa shape index (κ2) is 10.3. The van der Waals surface area contributed by atoms with Crippen LogP contribution in [0.1, 0.15) is 12.8 Å². The molecule has 0 aliphatic rings. The zero-order valence-corrected chi connectivity index (χ0v) is 8.64. The van der Waals surface area contributed by atoms with Gasteiger partial charge in [0.2, 0.25) is 19.5 Å². The summed E-state index contributed by atoms with van der Waals surface area (Å²) in [7, 11) is 0.183. The van der Waals surface area contributed by atoms with Crippen molar-refractivity contribution in [3.63, 3.8) is 0 Å². The Kier molecular flexibility index (Phi) is 10.6. The molecule has 0 fully saturated rings. The van der Waals surface area contributed by atoms with Crippen LogP contribution >= 0.6 is 0 Å². The van der Waals surface area contributed by atoms with Crippen LogP contribution in [0.2, 0.25) is 12.1 Å². The van der Waals surface area contributed by atoms with Gasteiger partial charge < -0.3 is 14.9 Å². The normalized spacial score (nSPS) is 10.4.